The van der Waals surface area contributed by atoms with Gasteiger partial charge in [-0.2, -0.15) is 0 Å². The number of benzene rings is 1. The number of aryl methyl sites for hydroxylation is 1. The van der Waals surface area contributed by atoms with Crippen molar-refractivity contribution < 1.29 is 0 Å². The first-order valence-electron chi connectivity index (χ1n) is 5.47. The molecule has 16 heavy (non-hydrogen) atoms. The van der Waals surface area contributed by atoms with E-state index in [9.17, 15) is 0 Å². The Balaban J connectivity index is 1.91. The Morgan fingerprint density at radius 3 is 3.00 bits per heavy atom. The molecule has 1 unspecified atom stereocenters. The van der Waals surface area contributed by atoms with E-state index in [1.54, 1.807) is 11.3 Å². The molecular formula is C13H14N2S. The molecule has 1 aromatic heterocycles. The molecule has 1 atom stereocenters. The maximum atomic E-state index is 3.59. The van der Waals surface area contributed by atoms with Crippen LogP contribution in [0.4, 0.5) is 11.4 Å². The molecule has 2 N–H and O–H groups in total. The van der Waals surface area contributed by atoms with Gasteiger partial charge in [0.15, 0.2) is 0 Å². The number of hydrogen-bond acceptors (Lipinski definition) is 3. The van der Waals surface area contributed by atoms with Gasteiger partial charge in [-0.25, -0.2) is 0 Å². The SMILES string of the molecule is Cc1ccc2c(c1)NC(c1cccs1)CN2. The summed E-state index contributed by atoms with van der Waals surface area (Å²) in [5, 5.41) is 9.19. The van der Waals surface area contributed by atoms with Gasteiger partial charge >= 0.3 is 0 Å². The molecule has 1 aromatic carbocycles. The van der Waals surface area contributed by atoms with Crippen LogP contribution < -0.4 is 10.6 Å². The van der Waals surface area contributed by atoms with Crippen LogP contribution in [0, 0.1) is 6.92 Å². The minimum atomic E-state index is 0.397. The van der Waals surface area contributed by atoms with Gasteiger partial charge in [-0.15, -0.1) is 11.3 Å². The number of hydrogen-bond donors (Lipinski definition) is 2. The van der Waals surface area contributed by atoms with Crippen LogP contribution in [-0.2, 0) is 0 Å². The average molecular weight is 230 g/mol. The average Bonchev–Trinajstić information content (AvgIpc) is 2.81. The standard InChI is InChI=1S/C13H14N2S/c1-9-4-5-10-11(7-9)15-12(8-14-10)13-3-2-6-16-13/h2-7,12,14-15H,8H2,1H3. The molecule has 0 bridgehead atoms. The minimum absolute atomic E-state index is 0.397. The van der Waals surface area contributed by atoms with Gasteiger partial charge in [-0.1, -0.05) is 12.1 Å². The summed E-state index contributed by atoms with van der Waals surface area (Å²) in [6.45, 7) is 3.08. The van der Waals surface area contributed by atoms with Crippen molar-refractivity contribution in [1.29, 1.82) is 0 Å². The van der Waals surface area contributed by atoms with Crippen molar-refractivity contribution >= 4 is 22.7 Å². The third-order valence-corrected chi connectivity index (χ3v) is 3.87. The molecule has 0 saturated heterocycles. The lowest BCUT2D eigenvalue weighted by Gasteiger charge is -2.28. The lowest BCUT2D eigenvalue weighted by atomic mass is 10.1. The maximum absolute atomic E-state index is 3.59. The zero-order valence-corrected chi connectivity index (χ0v) is 9.97. The molecule has 2 nitrogen and oxygen atoms in total. The molecule has 0 aliphatic carbocycles. The Morgan fingerprint density at radius 1 is 1.25 bits per heavy atom. The Labute approximate surface area is 99.3 Å². The van der Waals surface area contributed by atoms with Crippen LogP contribution in [0.5, 0.6) is 0 Å². The molecule has 2 aromatic rings. The van der Waals surface area contributed by atoms with E-state index in [2.05, 4.69) is 53.3 Å². The van der Waals surface area contributed by atoms with Crippen molar-refractivity contribution in [1.82, 2.24) is 0 Å². The molecular weight excluding hydrogens is 216 g/mol. The Kier molecular flexibility index (Phi) is 2.33. The Morgan fingerprint density at radius 2 is 2.19 bits per heavy atom. The fourth-order valence-electron chi connectivity index (χ4n) is 2.04. The van der Waals surface area contributed by atoms with Crippen molar-refractivity contribution in [2.45, 2.75) is 13.0 Å². The van der Waals surface area contributed by atoms with E-state index in [0.29, 0.717) is 6.04 Å². The summed E-state index contributed by atoms with van der Waals surface area (Å²) in [7, 11) is 0. The first-order chi connectivity index (χ1) is 7.83. The second-order valence-corrected chi connectivity index (χ2v) is 5.12. The van der Waals surface area contributed by atoms with E-state index >= 15 is 0 Å². The quantitative estimate of drug-likeness (QED) is 0.781. The molecule has 1 aliphatic rings. The summed E-state index contributed by atoms with van der Waals surface area (Å²) in [4.78, 5) is 1.39. The minimum Gasteiger partial charge on any atom is -0.381 e. The van der Waals surface area contributed by atoms with Crippen molar-refractivity contribution in [3.8, 4) is 0 Å². The van der Waals surface area contributed by atoms with Gasteiger partial charge in [-0.05, 0) is 36.1 Å². The predicted molar refractivity (Wildman–Crippen MR) is 70.4 cm³/mol. The summed E-state index contributed by atoms with van der Waals surface area (Å²) in [6, 6.07) is 11.2. The van der Waals surface area contributed by atoms with Crippen LogP contribution in [0.1, 0.15) is 16.5 Å². The smallest absolute Gasteiger partial charge is 0.0779 e. The van der Waals surface area contributed by atoms with Gasteiger partial charge in [0, 0.05) is 11.4 Å². The van der Waals surface area contributed by atoms with Crippen molar-refractivity contribution in [2.75, 3.05) is 17.2 Å². The van der Waals surface area contributed by atoms with E-state index < -0.39 is 0 Å². The number of thiophene rings is 1. The van der Waals surface area contributed by atoms with E-state index in [4.69, 9.17) is 0 Å². The zero-order chi connectivity index (χ0) is 11.0. The number of nitrogens with one attached hydrogen (secondary N) is 2. The molecule has 3 heteroatoms. The summed E-state index contributed by atoms with van der Waals surface area (Å²) < 4.78 is 0. The fraction of sp³-hybridized carbons (Fsp3) is 0.231. The highest BCUT2D eigenvalue weighted by Gasteiger charge is 2.18. The van der Waals surface area contributed by atoms with Crippen LogP contribution >= 0.6 is 11.3 Å². The van der Waals surface area contributed by atoms with Crippen LogP contribution in [0.3, 0.4) is 0 Å². The summed E-state index contributed by atoms with van der Waals surface area (Å²) in [6.07, 6.45) is 0. The lowest BCUT2D eigenvalue weighted by Crippen LogP contribution is -2.25. The Hall–Kier alpha value is -1.48. The first-order valence-corrected chi connectivity index (χ1v) is 6.35. The van der Waals surface area contributed by atoms with Gasteiger partial charge in [0.1, 0.15) is 0 Å². The van der Waals surface area contributed by atoms with Gasteiger partial charge in [0.25, 0.3) is 0 Å². The van der Waals surface area contributed by atoms with Gasteiger partial charge in [0.2, 0.25) is 0 Å². The molecule has 1 aliphatic heterocycles. The van der Waals surface area contributed by atoms with E-state index in [0.717, 1.165) is 6.54 Å². The molecule has 3 rings (SSSR count). The molecule has 0 spiro atoms. The molecule has 2 heterocycles. The highest BCUT2D eigenvalue weighted by molar-refractivity contribution is 7.10. The molecule has 0 saturated carbocycles. The number of fused-ring (bicyclic) bond motifs is 1. The monoisotopic (exact) mass is 230 g/mol. The van der Waals surface area contributed by atoms with Crippen molar-refractivity contribution in [2.24, 2.45) is 0 Å². The molecule has 0 fully saturated rings. The highest BCUT2D eigenvalue weighted by Crippen LogP contribution is 2.33. The van der Waals surface area contributed by atoms with Crippen LogP contribution in [0.25, 0.3) is 0 Å². The highest BCUT2D eigenvalue weighted by atomic mass is 32.1. The number of rotatable bonds is 1. The van der Waals surface area contributed by atoms with Crippen LogP contribution in [-0.4, -0.2) is 6.54 Å². The van der Waals surface area contributed by atoms with Gasteiger partial charge in [-0.3, -0.25) is 0 Å². The van der Waals surface area contributed by atoms with Gasteiger partial charge < -0.3 is 10.6 Å². The van der Waals surface area contributed by atoms with Crippen LogP contribution in [0.2, 0.25) is 0 Å². The Bertz CT molecular complexity index is 491. The molecule has 0 amide bonds. The molecule has 0 radical (unpaired) electrons. The van der Waals surface area contributed by atoms with Crippen molar-refractivity contribution in [3.63, 3.8) is 0 Å². The first kappa shape index (κ1) is 9.73. The summed E-state index contributed by atoms with van der Waals surface area (Å²) >= 11 is 1.81. The van der Waals surface area contributed by atoms with Crippen LogP contribution in [0.15, 0.2) is 35.7 Å². The second kappa shape index (κ2) is 3.83. The van der Waals surface area contributed by atoms with E-state index in [-0.39, 0.29) is 0 Å². The predicted octanol–water partition coefficient (Wildman–Crippen LogP) is 3.64. The fourth-order valence-corrected chi connectivity index (χ4v) is 2.82. The third kappa shape index (κ3) is 1.67. The summed E-state index contributed by atoms with van der Waals surface area (Å²) in [5.41, 5.74) is 3.71. The number of anilines is 2. The van der Waals surface area contributed by atoms with E-state index in [1.165, 1.54) is 21.8 Å². The largest absolute Gasteiger partial charge is 0.381 e. The van der Waals surface area contributed by atoms with Crippen molar-refractivity contribution in [3.05, 3.63) is 46.2 Å². The second-order valence-electron chi connectivity index (χ2n) is 4.14. The lowest BCUT2D eigenvalue weighted by molar-refractivity contribution is 0.820. The summed E-state index contributed by atoms with van der Waals surface area (Å²) in [5.74, 6) is 0. The van der Waals surface area contributed by atoms with E-state index in [1.807, 2.05) is 0 Å². The zero-order valence-electron chi connectivity index (χ0n) is 9.16. The van der Waals surface area contributed by atoms with Gasteiger partial charge in [0.05, 0.1) is 17.4 Å². The molecule has 82 valence electrons. The topological polar surface area (TPSA) is 24.1 Å². The maximum Gasteiger partial charge on any atom is 0.0779 e. The normalized spacial score (nSPS) is 18.4. The third-order valence-electron chi connectivity index (χ3n) is 2.89.